The van der Waals surface area contributed by atoms with Crippen LogP contribution >= 0.6 is 0 Å². The van der Waals surface area contributed by atoms with Crippen molar-refractivity contribution >= 4 is 43.7 Å². The van der Waals surface area contributed by atoms with Gasteiger partial charge >= 0.3 is 0 Å². The summed E-state index contributed by atoms with van der Waals surface area (Å²) in [5, 5.41) is 7.61. The van der Waals surface area contributed by atoms with Crippen molar-refractivity contribution in [2.24, 2.45) is 11.3 Å². The number of nitrogens with zero attached hydrogens (tertiary/aromatic N) is 1. The minimum atomic E-state index is 0.0721. The van der Waals surface area contributed by atoms with Crippen LogP contribution in [0.5, 0.6) is 0 Å². The molecule has 1 unspecified atom stereocenters. The van der Waals surface area contributed by atoms with Gasteiger partial charge in [0.05, 0.1) is 0 Å². The van der Waals surface area contributed by atoms with Crippen molar-refractivity contribution in [3.05, 3.63) is 193 Å². The minimum Gasteiger partial charge on any atom is -0.311 e. The SMILES string of the molecule is Cc1ccc(-c2cc(-c3ccccc3)c(-c3ccccc3)c3c4ccc(N(C5=CCC(C(C)(C)C)C=C5)c5ccc(C(C)(C)C)cc5)cc4c4ccccc4c23)cc1. The van der Waals surface area contributed by atoms with Crippen LogP contribution in [-0.2, 0) is 5.41 Å². The maximum Gasteiger partial charge on any atom is 0.0468 e. The van der Waals surface area contributed by atoms with E-state index in [1.54, 1.807) is 0 Å². The first-order chi connectivity index (χ1) is 28.0. The Morgan fingerprint density at radius 1 is 0.500 bits per heavy atom. The third-order valence-corrected chi connectivity index (χ3v) is 12.3. The molecule has 0 N–H and O–H groups in total. The van der Waals surface area contributed by atoms with Gasteiger partial charge in [-0.15, -0.1) is 0 Å². The largest absolute Gasteiger partial charge is 0.311 e. The summed E-state index contributed by atoms with van der Waals surface area (Å²) in [5.74, 6) is 0.492. The molecule has 0 aliphatic heterocycles. The highest BCUT2D eigenvalue weighted by Crippen LogP contribution is 2.50. The molecule has 286 valence electrons. The molecular formula is C57H53N. The van der Waals surface area contributed by atoms with Crippen LogP contribution in [-0.4, -0.2) is 0 Å². The average Bonchev–Trinajstić information content (AvgIpc) is 3.24. The molecule has 1 atom stereocenters. The van der Waals surface area contributed by atoms with Crippen LogP contribution in [0.1, 0.15) is 59.1 Å². The van der Waals surface area contributed by atoms with E-state index in [1.807, 2.05) is 0 Å². The Kier molecular flexibility index (Phi) is 9.44. The number of anilines is 2. The molecule has 0 saturated heterocycles. The van der Waals surface area contributed by atoms with Gasteiger partial charge in [-0.05, 0) is 138 Å². The van der Waals surface area contributed by atoms with Gasteiger partial charge in [0.2, 0.25) is 0 Å². The van der Waals surface area contributed by atoms with E-state index in [2.05, 4.69) is 229 Å². The lowest BCUT2D eigenvalue weighted by atomic mass is 9.77. The first kappa shape index (κ1) is 37.4. The first-order valence-electron chi connectivity index (χ1n) is 20.9. The predicted molar refractivity (Wildman–Crippen MR) is 252 cm³/mol. The molecule has 0 aromatic heterocycles. The summed E-state index contributed by atoms with van der Waals surface area (Å²) >= 11 is 0. The summed E-state index contributed by atoms with van der Waals surface area (Å²) in [4.78, 5) is 2.47. The van der Waals surface area contributed by atoms with Crippen molar-refractivity contribution in [3.63, 3.8) is 0 Å². The van der Waals surface area contributed by atoms with Crippen molar-refractivity contribution in [1.29, 1.82) is 0 Å². The second-order valence-electron chi connectivity index (χ2n) is 18.3. The van der Waals surface area contributed by atoms with E-state index >= 15 is 0 Å². The van der Waals surface area contributed by atoms with Crippen LogP contribution in [0, 0.1) is 18.3 Å². The number of hydrogen-bond acceptors (Lipinski definition) is 1. The van der Waals surface area contributed by atoms with Crippen molar-refractivity contribution in [2.45, 2.75) is 60.3 Å². The van der Waals surface area contributed by atoms with Crippen molar-refractivity contribution < 1.29 is 0 Å². The Bertz CT molecular complexity index is 2840. The highest BCUT2D eigenvalue weighted by molar-refractivity contribution is 6.33. The zero-order valence-corrected chi connectivity index (χ0v) is 35.0. The van der Waals surface area contributed by atoms with Gasteiger partial charge in [-0.25, -0.2) is 0 Å². The number of rotatable bonds is 6. The lowest BCUT2D eigenvalue weighted by Gasteiger charge is -2.33. The Hall–Kier alpha value is -6.18. The summed E-state index contributed by atoms with van der Waals surface area (Å²) in [5.41, 5.74) is 13.8. The molecule has 1 nitrogen and oxygen atoms in total. The second-order valence-corrected chi connectivity index (χ2v) is 18.3. The van der Waals surface area contributed by atoms with Crippen LogP contribution < -0.4 is 4.90 Å². The molecule has 0 fully saturated rings. The van der Waals surface area contributed by atoms with E-state index in [-0.39, 0.29) is 10.8 Å². The van der Waals surface area contributed by atoms with Gasteiger partial charge in [-0.3, -0.25) is 0 Å². The molecule has 0 saturated carbocycles. The molecular weight excluding hydrogens is 699 g/mol. The molecule has 1 aliphatic rings. The quantitative estimate of drug-likeness (QED) is 0.153. The molecule has 0 amide bonds. The molecule has 8 aromatic rings. The molecule has 0 bridgehead atoms. The van der Waals surface area contributed by atoms with Gasteiger partial charge < -0.3 is 4.90 Å². The fourth-order valence-electron chi connectivity index (χ4n) is 8.97. The van der Waals surface area contributed by atoms with Gasteiger partial charge in [-0.1, -0.05) is 187 Å². The van der Waals surface area contributed by atoms with Gasteiger partial charge in [-0.2, -0.15) is 0 Å². The van der Waals surface area contributed by atoms with Crippen molar-refractivity contribution in [1.82, 2.24) is 0 Å². The maximum atomic E-state index is 2.47. The minimum absolute atomic E-state index is 0.0721. The van der Waals surface area contributed by atoms with Crippen LogP contribution in [0.15, 0.2) is 182 Å². The zero-order chi connectivity index (χ0) is 40.2. The second kappa shape index (κ2) is 14.6. The van der Waals surface area contributed by atoms with E-state index in [9.17, 15) is 0 Å². The van der Waals surface area contributed by atoms with Crippen LogP contribution in [0.4, 0.5) is 11.4 Å². The smallest absolute Gasteiger partial charge is 0.0468 e. The highest BCUT2D eigenvalue weighted by atomic mass is 15.1. The molecule has 0 radical (unpaired) electrons. The lowest BCUT2D eigenvalue weighted by molar-refractivity contribution is 0.293. The predicted octanol–water partition coefficient (Wildman–Crippen LogP) is 16.4. The van der Waals surface area contributed by atoms with E-state index < -0.39 is 0 Å². The molecule has 58 heavy (non-hydrogen) atoms. The Balaban J connectivity index is 1.38. The number of allylic oxidation sites excluding steroid dienone is 3. The summed E-state index contributed by atoms with van der Waals surface area (Å²) in [6.45, 7) is 16.1. The van der Waals surface area contributed by atoms with E-state index in [4.69, 9.17) is 0 Å². The Labute approximate surface area is 345 Å². The first-order valence-corrected chi connectivity index (χ1v) is 20.9. The van der Waals surface area contributed by atoms with E-state index in [0.29, 0.717) is 5.92 Å². The maximum absolute atomic E-state index is 2.47. The number of fused-ring (bicyclic) bond motifs is 6. The van der Waals surface area contributed by atoms with Crippen LogP contribution in [0.25, 0.3) is 65.7 Å². The Morgan fingerprint density at radius 2 is 1.09 bits per heavy atom. The third-order valence-electron chi connectivity index (χ3n) is 12.3. The fourth-order valence-corrected chi connectivity index (χ4v) is 8.97. The summed E-state index contributed by atoms with van der Waals surface area (Å²) < 4.78 is 0. The van der Waals surface area contributed by atoms with Gasteiger partial charge in [0.15, 0.2) is 0 Å². The summed E-state index contributed by atoms with van der Waals surface area (Å²) in [6, 6.07) is 59.0. The fraction of sp³-hybridized carbons (Fsp3) is 0.193. The topological polar surface area (TPSA) is 3.24 Å². The Morgan fingerprint density at radius 3 is 1.71 bits per heavy atom. The number of hydrogen-bond donors (Lipinski definition) is 0. The van der Waals surface area contributed by atoms with E-state index in [0.717, 1.165) is 12.1 Å². The van der Waals surface area contributed by atoms with Gasteiger partial charge in [0, 0.05) is 17.1 Å². The molecule has 8 aromatic carbocycles. The lowest BCUT2D eigenvalue weighted by Crippen LogP contribution is -2.23. The van der Waals surface area contributed by atoms with Crippen LogP contribution in [0.2, 0.25) is 0 Å². The normalized spacial score (nSPS) is 14.6. The zero-order valence-electron chi connectivity index (χ0n) is 35.0. The summed E-state index contributed by atoms with van der Waals surface area (Å²) in [7, 11) is 0. The number of aryl methyl sites for hydroxylation is 1. The van der Waals surface area contributed by atoms with Gasteiger partial charge in [0.1, 0.15) is 0 Å². The van der Waals surface area contributed by atoms with Crippen molar-refractivity contribution in [2.75, 3.05) is 4.90 Å². The molecule has 1 aliphatic carbocycles. The van der Waals surface area contributed by atoms with Crippen molar-refractivity contribution in [3.8, 4) is 33.4 Å². The van der Waals surface area contributed by atoms with E-state index in [1.165, 1.54) is 88.2 Å². The molecule has 1 heteroatoms. The third kappa shape index (κ3) is 6.83. The monoisotopic (exact) mass is 751 g/mol. The summed E-state index contributed by atoms with van der Waals surface area (Å²) in [6.07, 6.45) is 8.24. The van der Waals surface area contributed by atoms with Gasteiger partial charge in [0.25, 0.3) is 0 Å². The molecule has 9 rings (SSSR count). The molecule has 0 spiro atoms. The highest BCUT2D eigenvalue weighted by Gasteiger charge is 2.27. The number of benzene rings is 8. The van der Waals surface area contributed by atoms with Crippen LogP contribution in [0.3, 0.4) is 0 Å². The average molecular weight is 752 g/mol. The standard InChI is InChI=1S/C57H53N/c1-38-22-24-40(25-23-38)51-37-50(39-16-10-8-11-17-39)53(41-18-12-9-13-19-41)55-49-35-34-46(36-52(49)47-20-14-15-21-48(47)54(51)55)58(44-30-26-42(27-31-44)56(2,3)4)45-32-28-43(29-33-45)57(5,6)7/h8-28,30-37,43H,29H2,1-7H3. The molecule has 0 heterocycles.